The van der Waals surface area contributed by atoms with Gasteiger partial charge in [-0.3, -0.25) is 0 Å². The molecule has 2 aromatic rings. The van der Waals surface area contributed by atoms with Crippen molar-refractivity contribution in [3.8, 4) is 16.9 Å². The first kappa shape index (κ1) is 15.9. The van der Waals surface area contributed by atoms with Gasteiger partial charge in [0.15, 0.2) is 0 Å². The van der Waals surface area contributed by atoms with Crippen molar-refractivity contribution in [2.24, 2.45) is 0 Å². The smallest absolute Gasteiger partial charge is 0.137 e. The molecule has 0 aromatic heterocycles. The van der Waals surface area contributed by atoms with Gasteiger partial charge in [-0.25, -0.2) is 0 Å². The Morgan fingerprint density at radius 2 is 1.90 bits per heavy atom. The highest BCUT2D eigenvalue weighted by molar-refractivity contribution is 6.32. The minimum absolute atomic E-state index is 0.491. The minimum Gasteiger partial charge on any atom is -0.495 e. The average Bonchev–Trinajstić information content (AvgIpc) is 2.45. The molecule has 0 radical (unpaired) electrons. The molecule has 0 heterocycles. The quantitative estimate of drug-likeness (QED) is 0.855. The fraction of sp³-hybridized carbons (Fsp3) is 0.333. The van der Waals surface area contributed by atoms with E-state index in [2.05, 4.69) is 44.3 Å². The van der Waals surface area contributed by atoms with Gasteiger partial charge in [0.25, 0.3) is 0 Å². The van der Waals surface area contributed by atoms with E-state index in [-0.39, 0.29) is 0 Å². The number of rotatable bonds is 5. The summed E-state index contributed by atoms with van der Waals surface area (Å²) in [6, 6.07) is 12.9. The number of methoxy groups -OCH3 is 1. The Balaban J connectivity index is 2.26. The Kier molecular flexibility index (Phi) is 5.27. The maximum atomic E-state index is 6.21. The van der Waals surface area contributed by atoms with Crippen LogP contribution in [0.15, 0.2) is 36.4 Å². The van der Waals surface area contributed by atoms with Crippen LogP contribution in [-0.2, 0) is 6.54 Å². The summed E-state index contributed by atoms with van der Waals surface area (Å²) >= 11 is 6.21. The Morgan fingerprint density at radius 3 is 2.48 bits per heavy atom. The number of halogens is 1. The summed E-state index contributed by atoms with van der Waals surface area (Å²) in [4.78, 5) is 0. The van der Waals surface area contributed by atoms with Crippen LogP contribution in [0.3, 0.4) is 0 Å². The predicted octanol–water partition coefficient (Wildman–Crippen LogP) is 4.82. The fourth-order valence-electron chi connectivity index (χ4n) is 2.32. The van der Waals surface area contributed by atoms with Crippen LogP contribution in [0.25, 0.3) is 11.1 Å². The molecule has 0 amide bonds. The van der Waals surface area contributed by atoms with Gasteiger partial charge in [-0.2, -0.15) is 0 Å². The molecule has 0 fully saturated rings. The van der Waals surface area contributed by atoms with E-state index in [4.69, 9.17) is 16.3 Å². The molecule has 0 unspecified atom stereocenters. The van der Waals surface area contributed by atoms with E-state index >= 15 is 0 Å². The molecule has 0 spiro atoms. The van der Waals surface area contributed by atoms with Gasteiger partial charge in [0, 0.05) is 12.6 Å². The average molecular weight is 304 g/mol. The van der Waals surface area contributed by atoms with Gasteiger partial charge in [-0.15, -0.1) is 0 Å². The maximum absolute atomic E-state index is 6.21. The van der Waals surface area contributed by atoms with Crippen LogP contribution < -0.4 is 10.1 Å². The van der Waals surface area contributed by atoms with Crippen molar-refractivity contribution in [1.82, 2.24) is 5.32 Å². The van der Waals surface area contributed by atoms with Crippen molar-refractivity contribution >= 4 is 11.6 Å². The highest BCUT2D eigenvalue weighted by Crippen LogP contribution is 2.31. The van der Waals surface area contributed by atoms with Crippen LogP contribution >= 0.6 is 11.6 Å². The standard InChI is InChI=1S/C18H22ClNO/c1-12(2)20-11-14-5-7-16(13(3)9-14)15-6-8-18(21-4)17(19)10-15/h5-10,12,20H,11H2,1-4H3. The zero-order valence-corrected chi connectivity index (χ0v) is 13.8. The van der Waals surface area contributed by atoms with E-state index in [1.165, 1.54) is 16.7 Å². The molecule has 0 bridgehead atoms. The van der Waals surface area contributed by atoms with Crippen molar-refractivity contribution < 1.29 is 4.74 Å². The minimum atomic E-state index is 0.491. The largest absolute Gasteiger partial charge is 0.495 e. The van der Waals surface area contributed by atoms with Crippen molar-refractivity contribution in [3.63, 3.8) is 0 Å². The number of nitrogens with one attached hydrogen (secondary N) is 1. The van der Waals surface area contributed by atoms with Gasteiger partial charge in [0.05, 0.1) is 12.1 Å². The normalized spacial score (nSPS) is 11.0. The highest BCUT2D eigenvalue weighted by atomic mass is 35.5. The fourth-order valence-corrected chi connectivity index (χ4v) is 2.57. The maximum Gasteiger partial charge on any atom is 0.137 e. The molecule has 0 aliphatic rings. The molecule has 0 saturated heterocycles. The van der Waals surface area contributed by atoms with Gasteiger partial charge in [0.2, 0.25) is 0 Å². The Hall–Kier alpha value is -1.51. The first-order chi connectivity index (χ1) is 10.0. The van der Waals surface area contributed by atoms with Gasteiger partial charge in [-0.1, -0.05) is 49.7 Å². The van der Waals surface area contributed by atoms with Gasteiger partial charge in [0.1, 0.15) is 5.75 Å². The first-order valence-corrected chi connectivity index (χ1v) is 7.56. The van der Waals surface area contributed by atoms with Gasteiger partial charge >= 0.3 is 0 Å². The van der Waals surface area contributed by atoms with Crippen molar-refractivity contribution in [1.29, 1.82) is 0 Å². The van der Waals surface area contributed by atoms with E-state index in [9.17, 15) is 0 Å². The Labute approximate surface area is 132 Å². The summed E-state index contributed by atoms with van der Waals surface area (Å²) in [5.74, 6) is 0.704. The van der Waals surface area contributed by atoms with Crippen LogP contribution in [0.5, 0.6) is 5.75 Å². The Morgan fingerprint density at radius 1 is 1.14 bits per heavy atom. The molecule has 1 N–H and O–H groups in total. The second kappa shape index (κ2) is 6.97. The molecule has 0 aliphatic carbocycles. The summed E-state index contributed by atoms with van der Waals surface area (Å²) in [7, 11) is 1.63. The van der Waals surface area contributed by atoms with Crippen LogP contribution in [-0.4, -0.2) is 13.2 Å². The molecule has 112 valence electrons. The van der Waals surface area contributed by atoms with E-state index in [1.54, 1.807) is 7.11 Å². The SMILES string of the molecule is COc1ccc(-c2ccc(CNC(C)C)cc2C)cc1Cl. The van der Waals surface area contributed by atoms with Crippen LogP contribution in [0.2, 0.25) is 5.02 Å². The predicted molar refractivity (Wildman–Crippen MR) is 90.2 cm³/mol. The molecule has 0 atom stereocenters. The lowest BCUT2D eigenvalue weighted by atomic mass is 9.98. The van der Waals surface area contributed by atoms with Crippen LogP contribution in [0.4, 0.5) is 0 Å². The van der Waals surface area contributed by atoms with E-state index in [0.29, 0.717) is 16.8 Å². The number of ether oxygens (including phenoxy) is 1. The lowest BCUT2D eigenvalue weighted by Gasteiger charge is -2.12. The summed E-state index contributed by atoms with van der Waals surface area (Å²) in [6.07, 6.45) is 0. The molecular formula is C18H22ClNO. The number of hydrogen-bond donors (Lipinski definition) is 1. The zero-order chi connectivity index (χ0) is 15.4. The molecule has 21 heavy (non-hydrogen) atoms. The molecular weight excluding hydrogens is 282 g/mol. The monoisotopic (exact) mass is 303 g/mol. The van der Waals surface area contributed by atoms with E-state index in [1.807, 2.05) is 18.2 Å². The molecule has 2 nitrogen and oxygen atoms in total. The van der Waals surface area contributed by atoms with Gasteiger partial charge < -0.3 is 10.1 Å². The number of benzene rings is 2. The molecule has 0 saturated carbocycles. The second-order valence-electron chi connectivity index (χ2n) is 5.53. The van der Waals surface area contributed by atoms with Crippen molar-refractivity contribution in [2.75, 3.05) is 7.11 Å². The second-order valence-corrected chi connectivity index (χ2v) is 5.94. The van der Waals surface area contributed by atoms with Crippen LogP contribution in [0, 0.1) is 6.92 Å². The topological polar surface area (TPSA) is 21.3 Å². The Bertz CT molecular complexity index is 623. The molecule has 2 aromatic carbocycles. The third kappa shape index (κ3) is 3.99. The first-order valence-electron chi connectivity index (χ1n) is 7.18. The number of aryl methyl sites for hydroxylation is 1. The third-order valence-corrected chi connectivity index (χ3v) is 3.76. The summed E-state index contributed by atoms with van der Waals surface area (Å²) in [5, 5.41) is 4.07. The number of hydrogen-bond acceptors (Lipinski definition) is 2. The molecule has 3 heteroatoms. The summed E-state index contributed by atoms with van der Waals surface area (Å²) in [6.45, 7) is 7.33. The summed E-state index contributed by atoms with van der Waals surface area (Å²) < 4.78 is 5.20. The van der Waals surface area contributed by atoms with Crippen molar-refractivity contribution in [3.05, 3.63) is 52.5 Å². The van der Waals surface area contributed by atoms with Crippen LogP contribution in [0.1, 0.15) is 25.0 Å². The van der Waals surface area contributed by atoms with E-state index < -0.39 is 0 Å². The van der Waals surface area contributed by atoms with Crippen molar-refractivity contribution in [2.45, 2.75) is 33.4 Å². The summed E-state index contributed by atoms with van der Waals surface area (Å²) in [5.41, 5.74) is 4.86. The highest BCUT2D eigenvalue weighted by Gasteiger charge is 2.07. The molecule has 2 rings (SSSR count). The molecule has 0 aliphatic heterocycles. The van der Waals surface area contributed by atoms with Gasteiger partial charge in [-0.05, 0) is 41.3 Å². The lowest BCUT2D eigenvalue weighted by Crippen LogP contribution is -2.21. The van der Waals surface area contributed by atoms with E-state index in [0.717, 1.165) is 12.1 Å². The third-order valence-electron chi connectivity index (χ3n) is 3.47. The zero-order valence-electron chi connectivity index (χ0n) is 13.0. The lowest BCUT2D eigenvalue weighted by molar-refractivity contribution is 0.415.